The van der Waals surface area contributed by atoms with Crippen LogP contribution in [0.2, 0.25) is 0 Å². The third kappa shape index (κ3) is 5.01. The van der Waals surface area contributed by atoms with E-state index in [1.165, 1.54) is 0 Å². The van der Waals surface area contributed by atoms with Gasteiger partial charge in [0.15, 0.2) is 0 Å². The third-order valence-corrected chi connectivity index (χ3v) is 4.24. The van der Waals surface area contributed by atoms with Crippen molar-refractivity contribution < 1.29 is 9.59 Å². The highest BCUT2D eigenvalue weighted by molar-refractivity contribution is 5.99. The number of carbonyl (C=O) groups excluding carboxylic acids is 2. The van der Waals surface area contributed by atoms with Gasteiger partial charge in [0.05, 0.1) is 6.04 Å². The van der Waals surface area contributed by atoms with E-state index < -0.39 is 0 Å². The Morgan fingerprint density at radius 2 is 1.56 bits per heavy atom. The lowest BCUT2D eigenvalue weighted by Gasteiger charge is -2.14. The van der Waals surface area contributed by atoms with Crippen molar-refractivity contribution in [2.75, 3.05) is 0 Å². The van der Waals surface area contributed by atoms with E-state index in [0.717, 1.165) is 11.1 Å². The summed E-state index contributed by atoms with van der Waals surface area (Å²) in [6.45, 7) is 2.33. The molecule has 2 amide bonds. The second-order valence-corrected chi connectivity index (χ2v) is 6.22. The minimum atomic E-state index is -0.224. The van der Waals surface area contributed by atoms with Crippen LogP contribution in [0, 0.1) is 0 Å². The predicted octanol–water partition coefficient (Wildman–Crippen LogP) is 3.50. The van der Waals surface area contributed by atoms with Crippen LogP contribution < -0.4 is 10.6 Å². The number of nitrogens with one attached hydrogen (secondary N) is 2. The van der Waals surface area contributed by atoms with E-state index in [9.17, 15) is 9.59 Å². The van der Waals surface area contributed by atoms with Crippen molar-refractivity contribution in [1.82, 2.24) is 15.6 Å². The SMILES string of the molecule is CC(NC(=O)c1cccc(C(=O)NCc2ccncc2)c1)c1ccccc1. The number of benzene rings is 2. The zero-order valence-electron chi connectivity index (χ0n) is 15.1. The van der Waals surface area contributed by atoms with E-state index >= 15 is 0 Å². The summed E-state index contributed by atoms with van der Waals surface area (Å²) in [4.78, 5) is 28.9. The molecule has 1 heterocycles. The van der Waals surface area contributed by atoms with Gasteiger partial charge in [0, 0.05) is 30.1 Å². The van der Waals surface area contributed by atoms with Gasteiger partial charge in [0.25, 0.3) is 11.8 Å². The maximum atomic E-state index is 12.5. The minimum absolute atomic E-state index is 0.122. The van der Waals surface area contributed by atoms with Crippen molar-refractivity contribution >= 4 is 11.8 Å². The number of carbonyl (C=O) groups is 2. The lowest BCUT2D eigenvalue weighted by atomic mass is 10.1. The maximum absolute atomic E-state index is 12.5. The van der Waals surface area contributed by atoms with Gasteiger partial charge in [-0.05, 0) is 48.4 Å². The van der Waals surface area contributed by atoms with Gasteiger partial charge in [-0.25, -0.2) is 0 Å². The largest absolute Gasteiger partial charge is 0.348 e. The van der Waals surface area contributed by atoms with Crippen LogP contribution in [-0.2, 0) is 6.54 Å². The fourth-order valence-electron chi connectivity index (χ4n) is 2.69. The Hall–Kier alpha value is -3.47. The molecule has 0 bridgehead atoms. The summed E-state index contributed by atoms with van der Waals surface area (Å²) >= 11 is 0. The topological polar surface area (TPSA) is 71.1 Å². The molecule has 1 atom stereocenters. The van der Waals surface area contributed by atoms with Crippen LogP contribution in [0.25, 0.3) is 0 Å². The normalized spacial score (nSPS) is 11.4. The van der Waals surface area contributed by atoms with Gasteiger partial charge in [-0.1, -0.05) is 36.4 Å². The van der Waals surface area contributed by atoms with Crippen LogP contribution >= 0.6 is 0 Å². The van der Waals surface area contributed by atoms with E-state index in [2.05, 4.69) is 15.6 Å². The molecule has 27 heavy (non-hydrogen) atoms. The first-order chi connectivity index (χ1) is 13.1. The van der Waals surface area contributed by atoms with Gasteiger partial charge in [-0.15, -0.1) is 0 Å². The fourth-order valence-corrected chi connectivity index (χ4v) is 2.69. The van der Waals surface area contributed by atoms with Crippen molar-refractivity contribution in [3.63, 3.8) is 0 Å². The molecule has 0 aliphatic heterocycles. The average molecular weight is 359 g/mol. The number of aromatic nitrogens is 1. The van der Waals surface area contributed by atoms with Crippen molar-refractivity contribution in [3.05, 3.63) is 101 Å². The monoisotopic (exact) mass is 359 g/mol. The molecule has 0 radical (unpaired) electrons. The minimum Gasteiger partial charge on any atom is -0.348 e. The molecule has 0 spiro atoms. The molecule has 136 valence electrons. The number of pyridine rings is 1. The molecule has 0 saturated carbocycles. The van der Waals surface area contributed by atoms with Crippen LogP contribution in [0.3, 0.4) is 0 Å². The number of hydrogen-bond donors (Lipinski definition) is 2. The Balaban J connectivity index is 1.64. The fraction of sp³-hybridized carbons (Fsp3) is 0.136. The van der Waals surface area contributed by atoms with Crippen LogP contribution in [0.15, 0.2) is 79.1 Å². The molecule has 3 rings (SSSR count). The number of nitrogens with zero attached hydrogens (tertiary/aromatic N) is 1. The summed E-state index contributed by atoms with van der Waals surface area (Å²) in [6, 6.07) is 20.0. The highest BCUT2D eigenvalue weighted by Gasteiger charge is 2.13. The van der Waals surface area contributed by atoms with Crippen LogP contribution in [0.4, 0.5) is 0 Å². The van der Waals surface area contributed by atoms with E-state index in [-0.39, 0.29) is 17.9 Å². The van der Waals surface area contributed by atoms with E-state index in [4.69, 9.17) is 0 Å². The molecule has 0 aliphatic rings. The summed E-state index contributed by atoms with van der Waals surface area (Å²) in [5, 5.41) is 5.81. The van der Waals surface area contributed by atoms with E-state index in [0.29, 0.717) is 17.7 Å². The summed E-state index contributed by atoms with van der Waals surface area (Å²) < 4.78 is 0. The molecule has 2 aromatic carbocycles. The molecular formula is C22H21N3O2. The zero-order chi connectivity index (χ0) is 19.1. The Bertz CT molecular complexity index is 911. The van der Waals surface area contributed by atoms with Crippen molar-refractivity contribution in [3.8, 4) is 0 Å². The Morgan fingerprint density at radius 1 is 0.889 bits per heavy atom. The van der Waals surface area contributed by atoms with Crippen molar-refractivity contribution in [2.45, 2.75) is 19.5 Å². The first-order valence-electron chi connectivity index (χ1n) is 8.76. The van der Waals surface area contributed by atoms with Gasteiger partial charge in [-0.3, -0.25) is 14.6 Å². The first kappa shape index (κ1) is 18.3. The second kappa shape index (κ2) is 8.76. The molecular weight excluding hydrogens is 338 g/mol. The molecule has 0 saturated heterocycles. The highest BCUT2D eigenvalue weighted by atomic mass is 16.2. The summed E-state index contributed by atoms with van der Waals surface area (Å²) in [5.74, 6) is -0.437. The average Bonchev–Trinajstić information content (AvgIpc) is 2.73. The Morgan fingerprint density at radius 3 is 2.26 bits per heavy atom. The second-order valence-electron chi connectivity index (χ2n) is 6.22. The molecule has 5 nitrogen and oxygen atoms in total. The van der Waals surface area contributed by atoms with Crippen LogP contribution in [0.1, 0.15) is 44.8 Å². The van der Waals surface area contributed by atoms with Gasteiger partial charge in [0.1, 0.15) is 0 Å². The molecule has 2 N–H and O–H groups in total. The third-order valence-electron chi connectivity index (χ3n) is 4.24. The lowest BCUT2D eigenvalue weighted by Crippen LogP contribution is -2.27. The first-order valence-corrected chi connectivity index (χ1v) is 8.76. The summed E-state index contributed by atoms with van der Waals surface area (Å²) in [7, 11) is 0. The van der Waals surface area contributed by atoms with Gasteiger partial charge < -0.3 is 10.6 Å². The van der Waals surface area contributed by atoms with E-state index in [1.54, 1.807) is 36.7 Å². The molecule has 0 aliphatic carbocycles. The molecule has 3 aromatic rings. The molecule has 0 fully saturated rings. The Kier molecular flexibility index (Phi) is 5.94. The smallest absolute Gasteiger partial charge is 0.251 e. The van der Waals surface area contributed by atoms with Gasteiger partial charge in [-0.2, -0.15) is 0 Å². The predicted molar refractivity (Wildman–Crippen MR) is 104 cm³/mol. The van der Waals surface area contributed by atoms with Crippen LogP contribution in [0.5, 0.6) is 0 Å². The summed E-state index contributed by atoms with van der Waals surface area (Å²) in [6.07, 6.45) is 3.36. The zero-order valence-corrected chi connectivity index (χ0v) is 15.1. The van der Waals surface area contributed by atoms with Crippen molar-refractivity contribution in [2.24, 2.45) is 0 Å². The quantitative estimate of drug-likeness (QED) is 0.708. The molecule has 5 heteroatoms. The van der Waals surface area contributed by atoms with Crippen LogP contribution in [-0.4, -0.2) is 16.8 Å². The molecule has 1 unspecified atom stereocenters. The Labute approximate surface area is 158 Å². The highest BCUT2D eigenvalue weighted by Crippen LogP contribution is 2.13. The standard InChI is InChI=1S/C22H21N3O2/c1-16(18-6-3-2-4-7-18)25-22(27)20-9-5-8-19(14-20)21(26)24-15-17-10-12-23-13-11-17/h2-14,16H,15H2,1H3,(H,24,26)(H,25,27). The maximum Gasteiger partial charge on any atom is 0.251 e. The molecule has 1 aromatic heterocycles. The van der Waals surface area contributed by atoms with E-state index in [1.807, 2.05) is 49.4 Å². The number of hydrogen-bond acceptors (Lipinski definition) is 3. The lowest BCUT2D eigenvalue weighted by molar-refractivity contribution is 0.0940. The van der Waals surface area contributed by atoms with Gasteiger partial charge >= 0.3 is 0 Å². The summed E-state index contributed by atoms with van der Waals surface area (Å²) in [5.41, 5.74) is 2.89. The number of rotatable bonds is 6. The van der Waals surface area contributed by atoms with Gasteiger partial charge in [0.2, 0.25) is 0 Å². The van der Waals surface area contributed by atoms with Crippen molar-refractivity contribution in [1.29, 1.82) is 0 Å². The number of amides is 2.